The van der Waals surface area contributed by atoms with Gasteiger partial charge in [-0.15, -0.1) is 11.3 Å². The van der Waals surface area contributed by atoms with Crippen molar-refractivity contribution in [3.63, 3.8) is 0 Å². The van der Waals surface area contributed by atoms with Gasteiger partial charge in [0.1, 0.15) is 10.7 Å². The van der Waals surface area contributed by atoms with Gasteiger partial charge in [0.05, 0.1) is 17.7 Å². The third-order valence-corrected chi connectivity index (χ3v) is 4.52. The largest absolute Gasteiger partial charge is 0.285 e. The number of aryl methyl sites for hydroxylation is 2. The van der Waals surface area contributed by atoms with E-state index in [9.17, 15) is 4.79 Å². The molecule has 0 atom stereocenters. The predicted molar refractivity (Wildman–Crippen MR) is 73.3 cm³/mol. The molecule has 1 aliphatic carbocycles. The summed E-state index contributed by atoms with van der Waals surface area (Å²) >= 11 is 1.40. The van der Waals surface area contributed by atoms with Crippen LogP contribution in [0.5, 0.6) is 0 Å². The second kappa shape index (κ2) is 4.54. The van der Waals surface area contributed by atoms with Gasteiger partial charge in [0.2, 0.25) is 0 Å². The summed E-state index contributed by atoms with van der Waals surface area (Å²) in [6.45, 7) is 3.91. The summed E-state index contributed by atoms with van der Waals surface area (Å²) in [5.74, 6) is 1.21. The lowest BCUT2D eigenvalue weighted by atomic mass is 10.1. The molecule has 1 aliphatic rings. The van der Waals surface area contributed by atoms with Gasteiger partial charge in [-0.1, -0.05) is 0 Å². The number of carbonyl (C=O) groups is 1. The summed E-state index contributed by atoms with van der Waals surface area (Å²) in [7, 11) is 1.43. The van der Waals surface area contributed by atoms with E-state index in [1.807, 2.05) is 13.8 Å². The van der Waals surface area contributed by atoms with Gasteiger partial charge in [-0.05, 0) is 32.3 Å². The SMILES string of the molecule is CONC(=O)c1sc2nc(C3CC3)nc(C)c2c1C. The van der Waals surface area contributed by atoms with Crippen molar-refractivity contribution in [2.45, 2.75) is 32.6 Å². The van der Waals surface area contributed by atoms with Crippen molar-refractivity contribution in [1.82, 2.24) is 15.4 Å². The van der Waals surface area contributed by atoms with Gasteiger partial charge in [-0.3, -0.25) is 9.63 Å². The molecule has 1 amide bonds. The molecule has 1 fully saturated rings. The van der Waals surface area contributed by atoms with Crippen LogP contribution in [0.15, 0.2) is 0 Å². The van der Waals surface area contributed by atoms with E-state index >= 15 is 0 Å². The van der Waals surface area contributed by atoms with E-state index in [2.05, 4.69) is 20.3 Å². The van der Waals surface area contributed by atoms with Gasteiger partial charge in [-0.2, -0.15) is 0 Å². The van der Waals surface area contributed by atoms with E-state index in [1.165, 1.54) is 31.3 Å². The van der Waals surface area contributed by atoms with Crippen molar-refractivity contribution in [2.75, 3.05) is 7.11 Å². The van der Waals surface area contributed by atoms with Crippen molar-refractivity contribution in [2.24, 2.45) is 0 Å². The van der Waals surface area contributed by atoms with Crippen LogP contribution in [0.3, 0.4) is 0 Å². The molecule has 1 saturated carbocycles. The number of rotatable bonds is 3. The monoisotopic (exact) mass is 277 g/mol. The maximum Gasteiger partial charge on any atom is 0.285 e. The quantitative estimate of drug-likeness (QED) is 0.875. The standard InChI is InChI=1S/C13H15N3O2S/c1-6-9-7(2)14-11(8-4-5-8)15-13(9)19-10(6)12(17)16-18-3/h8H,4-5H2,1-3H3,(H,16,17). The molecule has 19 heavy (non-hydrogen) atoms. The first-order chi connectivity index (χ1) is 9.11. The molecular weight excluding hydrogens is 262 g/mol. The lowest BCUT2D eigenvalue weighted by molar-refractivity contribution is 0.0541. The van der Waals surface area contributed by atoms with Crippen molar-refractivity contribution in [3.8, 4) is 0 Å². The van der Waals surface area contributed by atoms with E-state index in [0.29, 0.717) is 10.8 Å². The summed E-state index contributed by atoms with van der Waals surface area (Å²) in [6.07, 6.45) is 2.35. The number of thiophene rings is 1. The van der Waals surface area contributed by atoms with Crippen molar-refractivity contribution < 1.29 is 9.63 Å². The van der Waals surface area contributed by atoms with Gasteiger partial charge in [0.25, 0.3) is 5.91 Å². The van der Waals surface area contributed by atoms with Crippen LogP contribution in [0, 0.1) is 13.8 Å². The number of aromatic nitrogens is 2. The first kappa shape index (κ1) is 12.5. The highest BCUT2D eigenvalue weighted by Crippen LogP contribution is 2.40. The predicted octanol–water partition coefficient (Wildman–Crippen LogP) is 2.48. The van der Waals surface area contributed by atoms with E-state index in [0.717, 1.165) is 27.3 Å². The molecular formula is C13H15N3O2S. The number of fused-ring (bicyclic) bond motifs is 1. The zero-order chi connectivity index (χ0) is 13.6. The number of carbonyl (C=O) groups excluding carboxylic acids is 1. The third kappa shape index (κ3) is 2.11. The highest BCUT2D eigenvalue weighted by atomic mass is 32.1. The highest BCUT2D eigenvalue weighted by molar-refractivity contribution is 7.20. The Morgan fingerprint density at radius 1 is 1.37 bits per heavy atom. The number of hydrogen-bond acceptors (Lipinski definition) is 5. The van der Waals surface area contributed by atoms with Crippen LogP contribution in [-0.4, -0.2) is 23.0 Å². The van der Waals surface area contributed by atoms with Gasteiger partial charge in [0.15, 0.2) is 0 Å². The second-order valence-electron chi connectivity index (χ2n) is 4.81. The molecule has 6 heteroatoms. The summed E-state index contributed by atoms with van der Waals surface area (Å²) in [6, 6.07) is 0. The van der Waals surface area contributed by atoms with Gasteiger partial charge in [-0.25, -0.2) is 15.4 Å². The maximum atomic E-state index is 11.9. The summed E-state index contributed by atoms with van der Waals surface area (Å²) in [5.41, 5.74) is 4.24. The van der Waals surface area contributed by atoms with E-state index in [-0.39, 0.29) is 5.91 Å². The minimum absolute atomic E-state index is 0.227. The average Bonchev–Trinajstić information content (AvgIpc) is 3.14. The van der Waals surface area contributed by atoms with Gasteiger partial charge in [0, 0.05) is 11.3 Å². The Kier molecular flexibility index (Phi) is 2.99. The molecule has 0 aliphatic heterocycles. The van der Waals surface area contributed by atoms with E-state index < -0.39 is 0 Å². The molecule has 100 valence electrons. The van der Waals surface area contributed by atoms with Crippen LogP contribution < -0.4 is 5.48 Å². The van der Waals surface area contributed by atoms with E-state index in [1.54, 1.807) is 0 Å². The fraction of sp³-hybridized carbons (Fsp3) is 0.462. The fourth-order valence-corrected chi connectivity index (χ4v) is 3.36. The first-order valence-electron chi connectivity index (χ1n) is 6.22. The number of nitrogens with one attached hydrogen (secondary N) is 1. The smallest absolute Gasteiger partial charge is 0.277 e. The van der Waals surface area contributed by atoms with Crippen LogP contribution in [0.4, 0.5) is 0 Å². The molecule has 2 aromatic heterocycles. The number of nitrogens with zero attached hydrogens (tertiary/aromatic N) is 2. The fourth-order valence-electron chi connectivity index (χ4n) is 2.24. The van der Waals surface area contributed by atoms with Crippen molar-refractivity contribution in [1.29, 1.82) is 0 Å². The maximum absolute atomic E-state index is 11.9. The van der Waals surface area contributed by atoms with E-state index in [4.69, 9.17) is 0 Å². The first-order valence-corrected chi connectivity index (χ1v) is 7.04. The Morgan fingerprint density at radius 3 is 2.74 bits per heavy atom. The zero-order valence-electron chi connectivity index (χ0n) is 11.1. The Bertz CT molecular complexity index is 661. The van der Waals surface area contributed by atoms with Crippen LogP contribution in [0.2, 0.25) is 0 Å². The van der Waals surface area contributed by atoms with Crippen molar-refractivity contribution in [3.05, 3.63) is 22.0 Å². The highest BCUT2D eigenvalue weighted by Gasteiger charge is 2.28. The van der Waals surface area contributed by atoms with Gasteiger partial charge < -0.3 is 0 Å². The van der Waals surface area contributed by atoms with Crippen LogP contribution in [0.25, 0.3) is 10.2 Å². The molecule has 0 bridgehead atoms. The lowest BCUT2D eigenvalue weighted by Crippen LogP contribution is -2.21. The Balaban J connectivity index is 2.13. The average molecular weight is 277 g/mol. The zero-order valence-corrected chi connectivity index (χ0v) is 11.9. The van der Waals surface area contributed by atoms with Gasteiger partial charge >= 0.3 is 0 Å². The summed E-state index contributed by atoms with van der Waals surface area (Å²) in [5, 5.41) is 0.996. The van der Waals surface area contributed by atoms with Crippen LogP contribution in [0.1, 0.15) is 45.5 Å². The number of amides is 1. The molecule has 1 N–H and O–H groups in total. The molecule has 2 aromatic rings. The molecule has 0 spiro atoms. The molecule has 3 rings (SSSR count). The topological polar surface area (TPSA) is 64.1 Å². The minimum atomic E-state index is -0.227. The molecule has 0 unspecified atom stereocenters. The van der Waals surface area contributed by atoms with Crippen LogP contribution >= 0.6 is 11.3 Å². The number of hydroxylamine groups is 1. The lowest BCUT2D eigenvalue weighted by Gasteiger charge is -2.02. The Hall–Kier alpha value is -1.53. The molecule has 0 aromatic carbocycles. The minimum Gasteiger partial charge on any atom is -0.277 e. The Labute approximate surface area is 115 Å². The molecule has 0 saturated heterocycles. The summed E-state index contributed by atoms with van der Waals surface area (Å²) < 4.78 is 0. The molecule has 5 nitrogen and oxygen atoms in total. The summed E-state index contributed by atoms with van der Waals surface area (Å²) in [4.78, 5) is 27.3. The molecule has 2 heterocycles. The molecule has 0 radical (unpaired) electrons. The van der Waals surface area contributed by atoms with Crippen molar-refractivity contribution >= 4 is 27.5 Å². The Morgan fingerprint density at radius 2 is 2.11 bits per heavy atom. The number of hydrogen-bond donors (Lipinski definition) is 1. The third-order valence-electron chi connectivity index (χ3n) is 3.33. The second-order valence-corrected chi connectivity index (χ2v) is 5.81. The normalized spacial score (nSPS) is 14.9. The van der Waals surface area contributed by atoms with Crippen LogP contribution in [-0.2, 0) is 4.84 Å².